The Hall–Kier alpha value is -1.17. The monoisotopic (exact) mass is 323 g/mol. The fourth-order valence-corrected chi connectivity index (χ4v) is 1.60. The molecule has 0 radical (unpaired) electrons. The number of ether oxygens (including phenoxy) is 1. The highest BCUT2D eigenvalue weighted by Gasteiger charge is 2.32. The summed E-state index contributed by atoms with van der Waals surface area (Å²) in [5.74, 6) is -0.251. The molecule has 1 aromatic rings. The van der Waals surface area contributed by atoms with E-state index in [0.29, 0.717) is 23.1 Å². The van der Waals surface area contributed by atoms with Gasteiger partial charge in [-0.05, 0) is 31.5 Å². The fraction of sp³-hybridized carbons (Fsp3) is 0.333. The fourth-order valence-electron chi connectivity index (χ4n) is 1.26. The van der Waals surface area contributed by atoms with Crippen LogP contribution in [-0.2, 0) is 0 Å². The van der Waals surface area contributed by atoms with E-state index in [1.165, 1.54) is 12.1 Å². The number of rotatable bonds is 5. The first-order valence-corrected chi connectivity index (χ1v) is 6.01. The lowest BCUT2D eigenvalue weighted by atomic mass is 10.2. The normalized spacial score (nSPS) is 11.2. The Morgan fingerprint density at radius 3 is 2.67 bits per heavy atom. The highest BCUT2D eigenvalue weighted by Crippen LogP contribution is 2.32. The van der Waals surface area contributed by atoms with Crippen molar-refractivity contribution in [2.75, 3.05) is 11.9 Å². The average molecular weight is 324 g/mol. The molecule has 0 unspecified atom stereocenters. The molecule has 0 aliphatic carbocycles. The third-order valence-corrected chi connectivity index (χ3v) is 2.53. The van der Waals surface area contributed by atoms with E-state index in [1.54, 1.807) is 6.07 Å². The van der Waals surface area contributed by atoms with Crippen LogP contribution in [0, 0.1) is 0 Å². The molecule has 0 saturated heterocycles. The lowest BCUT2D eigenvalue weighted by Crippen LogP contribution is -2.18. The molecule has 6 heteroatoms. The molecule has 0 aromatic heterocycles. The van der Waals surface area contributed by atoms with E-state index < -0.39 is 6.36 Å². The van der Waals surface area contributed by atoms with Gasteiger partial charge in [0.15, 0.2) is 5.75 Å². The van der Waals surface area contributed by atoms with Crippen LogP contribution in [0.4, 0.5) is 18.9 Å². The molecule has 1 N–H and O–H groups in total. The van der Waals surface area contributed by atoms with Crippen molar-refractivity contribution in [3.05, 3.63) is 34.8 Å². The SMILES string of the molecule is C=C(C)CCNc1ccc(Br)cc1OC(F)(F)F. The van der Waals surface area contributed by atoms with Crippen molar-refractivity contribution in [1.82, 2.24) is 0 Å². The average Bonchev–Trinajstić information content (AvgIpc) is 2.18. The molecule has 0 aliphatic heterocycles. The van der Waals surface area contributed by atoms with Gasteiger partial charge in [0.1, 0.15) is 0 Å². The number of hydrogen-bond acceptors (Lipinski definition) is 2. The summed E-state index contributed by atoms with van der Waals surface area (Å²) in [6.45, 7) is 6.09. The summed E-state index contributed by atoms with van der Waals surface area (Å²) in [4.78, 5) is 0. The summed E-state index contributed by atoms with van der Waals surface area (Å²) in [6, 6.07) is 4.45. The largest absolute Gasteiger partial charge is 0.573 e. The topological polar surface area (TPSA) is 21.3 Å². The summed E-state index contributed by atoms with van der Waals surface area (Å²) in [5, 5.41) is 2.89. The van der Waals surface area contributed by atoms with Gasteiger partial charge in [0.25, 0.3) is 0 Å². The van der Waals surface area contributed by atoms with Gasteiger partial charge in [-0.2, -0.15) is 0 Å². The molecule has 1 rings (SSSR count). The Bertz CT molecular complexity index is 432. The lowest BCUT2D eigenvalue weighted by molar-refractivity contribution is -0.274. The zero-order valence-corrected chi connectivity index (χ0v) is 11.4. The molecular formula is C12H13BrF3NO. The van der Waals surface area contributed by atoms with Crippen LogP contribution in [0.2, 0.25) is 0 Å². The molecule has 100 valence electrons. The van der Waals surface area contributed by atoms with Crippen molar-refractivity contribution in [3.8, 4) is 5.75 Å². The molecule has 0 bridgehead atoms. The molecule has 0 saturated carbocycles. The lowest BCUT2D eigenvalue weighted by Gasteiger charge is -2.15. The Kier molecular flexibility index (Phi) is 5.07. The van der Waals surface area contributed by atoms with E-state index in [-0.39, 0.29) is 5.75 Å². The molecule has 0 spiro atoms. The van der Waals surface area contributed by atoms with Gasteiger partial charge in [0, 0.05) is 11.0 Å². The van der Waals surface area contributed by atoms with Crippen molar-refractivity contribution in [3.63, 3.8) is 0 Å². The molecule has 0 atom stereocenters. The van der Waals surface area contributed by atoms with E-state index in [9.17, 15) is 13.2 Å². The van der Waals surface area contributed by atoms with Crippen molar-refractivity contribution in [1.29, 1.82) is 0 Å². The zero-order valence-electron chi connectivity index (χ0n) is 9.77. The Balaban J connectivity index is 2.79. The van der Waals surface area contributed by atoms with Gasteiger partial charge in [0.05, 0.1) is 5.69 Å². The van der Waals surface area contributed by atoms with Gasteiger partial charge < -0.3 is 10.1 Å². The Labute approximate surface area is 112 Å². The number of halogens is 4. The maximum Gasteiger partial charge on any atom is 0.573 e. The van der Waals surface area contributed by atoms with Crippen LogP contribution in [0.3, 0.4) is 0 Å². The molecule has 2 nitrogen and oxygen atoms in total. The number of alkyl halides is 3. The minimum absolute atomic E-state index is 0.251. The quantitative estimate of drug-likeness (QED) is 0.791. The second kappa shape index (κ2) is 6.13. The minimum atomic E-state index is -4.70. The van der Waals surface area contributed by atoms with Crippen LogP contribution >= 0.6 is 15.9 Å². The minimum Gasteiger partial charge on any atom is -0.404 e. The smallest absolute Gasteiger partial charge is 0.404 e. The summed E-state index contributed by atoms with van der Waals surface area (Å²) < 4.78 is 41.1. The summed E-state index contributed by atoms with van der Waals surface area (Å²) >= 11 is 3.11. The van der Waals surface area contributed by atoms with Crippen LogP contribution in [0.5, 0.6) is 5.75 Å². The summed E-state index contributed by atoms with van der Waals surface area (Å²) in [7, 11) is 0. The first-order valence-electron chi connectivity index (χ1n) is 5.21. The first kappa shape index (κ1) is 14.9. The number of nitrogens with one attached hydrogen (secondary N) is 1. The maximum absolute atomic E-state index is 12.2. The summed E-state index contributed by atoms with van der Waals surface area (Å²) in [6.07, 6.45) is -4.02. The number of benzene rings is 1. The molecule has 0 aliphatic rings. The van der Waals surface area contributed by atoms with E-state index in [4.69, 9.17) is 0 Å². The second-order valence-electron chi connectivity index (χ2n) is 3.82. The second-order valence-corrected chi connectivity index (χ2v) is 4.74. The third-order valence-electron chi connectivity index (χ3n) is 2.04. The molecule has 1 aromatic carbocycles. The maximum atomic E-state index is 12.2. The van der Waals surface area contributed by atoms with Crippen LogP contribution in [0.25, 0.3) is 0 Å². The molecule has 0 heterocycles. The zero-order chi connectivity index (χ0) is 13.8. The van der Waals surface area contributed by atoms with Crippen LogP contribution in [-0.4, -0.2) is 12.9 Å². The highest BCUT2D eigenvalue weighted by atomic mass is 79.9. The van der Waals surface area contributed by atoms with E-state index in [0.717, 1.165) is 5.57 Å². The Morgan fingerprint density at radius 1 is 1.44 bits per heavy atom. The molecular weight excluding hydrogens is 311 g/mol. The van der Waals surface area contributed by atoms with E-state index in [2.05, 4.69) is 32.6 Å². The van der Waals surface area contributed by atoms with Gasteiger partial charge >= 0.3 is 6.36 Å². The van der Waals surface area contributed by atoms with Crippen molar-refractivity contribution in [2.24, 2.45) is 0 Å². The van der Waals surface area contributed by atoms with Gasteiger partial charge in [-0.3, -0.25) is 0 Å². The van der Waals surface area contributed by atoms with Crippen molar-refractivity contribution in [2.45, 2.75) is 19.7 Å². The predicted octanol–water partition coefficient (Wildman–Crippen LogP) is 4.73. The van der Waals surface area contributed by atoms with Crippen molar-refractivity contribution < 1.29 is 17.9 Å². The van der Waals surface area contributed by atoms with Crippen LogP contribution in [0.15, 0.2) is 34.8 Å². The van der Waals surface area contributed by atoms with Crippen molar-refractivity contribution >= 4 is 21.6 Å². The number of anilines is 1. The number of hydrogen-bond donors (Lipinski definition) is 1. The van der Waals surface area contributed by atoms with Gasteiger partial charge in [0.2, 0.25) is 0 Å². The van der Waals surface area contributed by atoms with Crippen LogP contribution < -0.4 is 10.1 Å². The molecule has 18 heavy (non-hydrogen) atoms. The molecule has 0 fully saturated rings. The van der Waals surface area contributed by atoms with Gasteiger partial charge in [-0.15, -0.1) is 19.8 Å². The van der Waals surface area contributed by atoms with E-state index >= 15 is 0 Å². The Morgan fingerprint density at radius 2 is 2.11 bits per heavy atom. The first-order chi connectivity index (χ1) is 8.28. The van der Waals surface area contributed by atoms with Crippen LogP contribution in [0.1, 0.15) is 13.3 Å². The van der Waals surface area contributed by atoms with Gasteiger partial charge in [-0.25, -0.2) is 0 Å². The van der Waals surface area contributed by atoms with Gasteiger partial charge in [-0.1, -0.05) is 21.5 Å². The third kappa shape index (κ3) is 5.44. The molecule has 0 amide bonds. The highest BCUT2D eigenvalue weighted by molar-refractivity contribution is 9.10. The summed E-state index contributed by atoms with van der Waals surface area (Å²) in [5.41, 5.74) is 1.26. The van der Waals surface area contributed by atoms with E-state index in [1.807, 2.05) is 6.92 Å². The predicted molar refractivity (Wildman–Crippen MR) is 68.7 cm³/mol. The standard InChI is InChI=1S/C12H13BrF3NO/c1-8(2)5-6-17-10-4-3-9(13)7-11(10)18-12(14,15)16/h3-4,7,17H,1,5-6H2,2H3.